The van der Waals surface area contributed by atoms with Gasteiger partial charge in [-0.25, -0.2) is 0 Å². The number of carbonyl (C=O) groups excluding carboxylic acids is 3. The van der Waals surface area contributed by atoms with Gasteiger partial charge >= 0.3 is 0 Å². The van der Waals surface area contributed by atoms with E-state index in [9.17, 15) is 29.7 Å². The zero-order valence-electron chi connectivity index (χ0n) is 31.8. The fourth-order valence-electron chi connectivity index (χ4n) is 5.30. The Morgan fingerprint density at radius 2 is 1.07 bits per heavy atom. The van der Waals surface area contributed by atoms with E-state index in [1.165, 1.54) is 0 Å². The Bertz CT molecular complexity index is 850. The maximum Gasteiger partial charge on any atom is 0.226 e. The van der Waals surface area contributed by atoms with Crippen LogP contribution in [0.3, 0.4) is 0 Å². The van der Waals surface area contributed by atoms with Gasteiger partial charge in [-0.2, -0.15) is 0 Å². The minimum Gasteiger partial charge on any atom is -0.392 e. The predicted molar refractivity (Wildman–Crippen MR) is 191 cm³/mol. The normalized spacial score (nSPS) is 17.5. The number of carbonyl (C=O) groups is 3. The number of nitrogens with one attached hydrogen (secondary N) is 4. The number of hydrogen-bond acceptors (Lipinski definition) is 7. The zero-order valence-corrected chi connectivity index (χ0v) is 31.8. The lowest BCUT2D eigenvalue weighted by Gasteiger charge is -2.43. The number of aliphatic hydroxyl groups excluding tert-OH is 3. The lowest BCUT2D eigenvalue weighted by atomic mass is 9.62. The van der Waals surface area contributed by atoms with Crippen LogP contribution in [0.5, 0.6) is 0 Å². The third-order valence-electron chi connectivity index (χ3n) is 7.84. The maximum absolute atomic E-state index is 13.7. The van der Waals surface area contributed by atoms with Crippen molar-refractivity contribution in [2.75, 3.05) is 32.7 Å². The van der Waals surface area contributed by atoms with E-state index < -0.39 is 34.6 Å². The van der Waals surface area contributed by atoms with Crippen molar-refractivity contribution >= 4 is 17.7 Å². The maximum atomic E-state index is 13.7. The molecule has 0 rings (SSSR count). The Morgan fingerprint density at radius 1 is 0.674 bits per heavy atom. The van der Waals surface area contributed by atoms with Crippen molar-refractivity contribution in [2.24, 2.45) is 28.1 Å². The first kappa shape index (κ1) is 48.4. The van der Waals surface area contributed by atoms with Crippen LogP contribution < -0.4 is 21.3 Å². The molecule has 0 aliphatic carbocycles. The van der Waals surface area contributed by atoms with Gasteiger partial charge in [0.15, 0.2) is 0 Å². The van der Waals surface area contributed by atoms with Crippen LogP contribution >= 0.6 is 0 Å². The van der Waals surface area contributed by atoms with Crippen LogP contribution in [0.2, 0.25) is 0 Å². The molecule has 0 fully saturated rings. The minimum atomic E-state index is -1.06. The van der Waals surface area contributed by atoms with Gasteiger partial charge in [0.05, 0.1) is 18.3 Å². The van der Waals surface area contributed by atoms with E-state index in [1.807, 2.05) is 61.5 Å². The van der Waals surface area contributed by atoms with E-state index >= 15 is 0 Å². The number of amides is 3. The predicted octanol–water partition coefficient (Wildman–Crippen LogP) is 4.57. The van der Waals surface area contributed by atoms with Gasteiger partial charge in [0.25, 0.3) is 0 Å². The summed E-state index contributed by atoms with van der Waals surface area (Å²) in [6.07, 6.45) is 2.10. The first-order valence-electron chi connectivity index (χ1n) is 17.4. The molecule has 10 heteroatoms. The lowest BCUT2D eigenvalue weighted by Crippen LogP contribution is -2.52. The molecule has 0 radical (unpaired) electrons. The fraction of sp³-hybridized carbons (Fsp3) is 0.861. The van der Waals surface area contributed by atoms with Gasteiger partial charge in [0, 0.05) is 42.4 Å². The highest BCUT2D eigenvalue weighted by atomic mass is 16.3. The van der Waals surface area contributed by atoms with Gasteiger partial charge in [0.1, 0.15) is 0 Å². The summed E-state index contributed by atoms with van der Waals surface area (Å²) in [5.74, 6) is -0.00823. The van der Waals surface area contributed by atoms with Gasteiger partial charge in [0.2, 0.25) is 17.7 Å². The second kappa shape index (κ2) is 25.1. The number of rotatable bonds is 21. The van der Waals surface area contributed by atoms with Crippen molar-refractivity contribution < 1.29 is 29.7 Å². The Morgan fingerprint density at radius 3 is 1.43 bits per heavy atom. The molecule has 7 unspecified atom stereocenters. The summed E-state index contributed by atoms with van der Waals surface area (Å²) in [6, 6.07) is 0. The Labute approximate surface area is 282 Å². The number of allylic oxidation sites excluding steroid dienone is 1. The summed E-state index contributed by atoms with van der Waals surface area (Å²) in [7, 11) is 0. The topological polar surface area (TPSA) is 160 Å². The molecule has 0 saturated carbocycles. The Hall–Kier alpha value is -2.01. The molecule has 3 amide bonds. The monoisotopic (exact) mass is 659 g/mol. The quantitative estimate of drug-likeness (QED) is 0.0890. The van der Waals surface area contributed by atoms with Crippen LogP contribution in [0, 0.1) is 28.1 Å². The van der Waals surface area contributed by atoms with Crippen molar-refractivity contribution in [1.29, 1.82) is 0 Å². The van der Waals surface area contributed by atoms with Crippen LogP contribution in [0.25, 0.3) is 0 Å². The van der Waals surface area contributed by atoms with Crippen LogP contribution in [-0.2, 0) is 14.4 Å². The minimum absolute atomic E-state index is 0.0425. The van der Waals surface area contributed by atoms with E-state index in [0.717, 1.165) is 6.42 Å². The molecular formula is C36H74N4O6. The van der Waals surface area contributed by atoms with Crippen LogP contribution in [0.15, 0.2) is 12.7 Å². The molecule has 0 aromatic heterocycles. The van der Waals surface area contributed by atoms with E-state index in [4.69, 9.17) is 0 Å². The highest BCUT2D eigenvalue weighted by Crippen LogP contribution is 2.46. The van der Waals surface area contributed by atoms with Crippen LogP contribution in [0.1, 0.15) is 122 Å². The van der Waals surface area contributed by atoms with Crippen molar-refractivity contribution in [1.82, 2.24) is 21.3 Å². The van der Waals surface area contributed by atoms with Crippen molar-refractivity contribution in [3.8, 4) is 0 Å². The summed E-state index contributed by atoms with van der Waals surface area (Å²) in [6.45, 7) is 29.7. The Balaban J connectivity index is -0.00000239. The second-order valence-electron chi connectivity index (χ2n) is 14.1. The first-order valence-corrected chi connectivity index (χ1v) is 17.4. The van der Waals surface area contributed by atoms with Crippen LogP contribution in [0.4, 0.5) is 0 Å². The lowest BCUT2D eigenvalue weighted by molar-refractivity contribution is -0.143. The molecule has 0 heterocycles. The van der Waals surface area contributed by atoms with Crippen molar-refractivity contribution in [3.63, 3.8) is 0 Å². The van der Waals surface area contributed by atoms with E-state index in [2.05, 4.69) is 41.7 Å². The molecule has 0 saturated heterocycles. The summed E-state index contributed by atoms with van der Waals surface area (Å²) in [5, 5.41) is 40.9. The highest BCUT2D eigenvalue weighted by molar-refractivity contribution is 5.88. The van der Waals surface area contributed by atoms with E-state index in [-0.39, 0.29) is 49.6 Å². The first-order chi connectivity index (χ1) is 21.2. The standard InChI is InChI=1S/C29H58N4O6.C5H10.C2H6/c1-10-12-31-26(39)29(9,18-27(7,11-2)24(37)32-16-22(5)35)19-28(8,25(38)33-17-23(6)36)13-20(3)14-30-15-21(4)34;1-4-5(2)3;1-2/h20-23,30,34-36H,10-19H2,1-9H3,(H,31,39)(H,32,37)(H,33,38);4-5H,1H2,2-3H3;1-2H3. The molecule has 0 aliphatic rings. The summed E-state index contributed by atoms with van der Waals surface area (Å²) in [5.41, 5.74) is -2.95. The largest absolute Gasteiger partial charge is 0.392 e. The van der Waals surface area contributed by atoms with E-state index in [0.29, 0.717) is 38.4 Å². The zero-order chi connectivity index (χ0) is 36.7. The van der Waals surface area contributed by atoms with Crippen LogP contribution in [-0.4, -0.2) is 84.1 Å². The van der Waals surface area contributed by atoms with Gasteiger partial charge in [-0.1, -0.05) is 75.3 Å². The molecule has 0 aromatic carbocycles. The molecule has 274 valence electrons. The third kappa shape index (κ3) is 21.0. The number of aliphatic hydroxyl groups is 3. The highest BCUT2D eigenvalue weighted by Gasteiger charge is 2.49. The van der Waals surface area contributed by atoms with Gasteiger partial charge in [-0.3, -0.25) is 14.4 Å². The van der Waals surface area contributed by atoms with E-state index in [1.54, 1.807) is 20.8 Å². The summed E-state index contributed by atoms with van der Waals surface area (Å²) < 4.78 is 0. The number of hydrogen-bond donors (Lipinski definition) is 7. The van der Waals surface area contributed by atoms with Gasteiger partial charge in [-0.05, 0) is 71.3 Å². The van der Waals surface area contributed by atoms with Crippen molar-refractivity contribution in [2.45, 2.75) is 140 Å². The molecule has 0 bridgehead atoms. The molecule has 7 N–H and O–H groups in total. The van der Waals surface area contributed by atoms with Crippen molar-refractivity contribution in [3.05, 3.63) is 12.7 Å². The van der Waals surface area contributed by atoms with Gasteiger partial charge in [-0.15, -0.1) is 6.58 Å². The molecule has 0 spiro atoms. The Kier molecular flexibility index (Phi) is 26.4. The summed E-state index contributed by atoms with van der Waals surface area (Å²) >= 11 is 0. The fourth-order valence-corrected chi connectivity index (χ4v) is 5.30. The molecule has 0 aliphatic heterocycles. The molecule has 46 heavy (non-hydrogen) atoms. The molecule has 0 aromatic rings. The molecule has 7 atom stereocenters. The average molecular weight is 659 g/mol. The molecular weight excluding hydrogens is 584 g/mol. The summed E-state index contributed by atoms with van der Waals surface area (Å²) in [4.78, 5) is 40.6. The smallest absolute Gasteiger partial charge is 0.226 e. The third-order valence-corrected chi connectivity index (χ3v) is 7.84. The average Bonchev–Trinajstić information content (AvgIpc) is 2.97. The SMILES string of the molecule is C=CC(C)C.CC.CCCNC(=O)C(C)(CC(C)(CC)C(=O)NCC(C)O)CC(C)(CC(C)CNCC(C)O)C(=O)NCC(C)O. The second-order valence-corrected chi connectivity index (χ2v) is 14.1. The van der Waals surface area contributed by atoms with Gasteiger partial charge < -0.3 is 36.6 Å². The molecule has 10 nitrogen and oxygen atoms in total.